The van der Waals surface area contributed by atoms with Gasteiger partial charge >= 0.3 is 6.18 Å². The van der Waals surface area contributed by atoms with Gasteiger partial charge in [-0.15, -0.1) is 0 Å². The van der Waals surface area contributed by atoms with Crippen molar-refractivity contribution in [1.82, 2.24) is 0 Å². The van der Waals surface area contributed by atoms with Crippen LogP contribution in [0, 0.1) is 6.92 Å². The lowest BCUT2D eigenvalue weighted by Gasteiger charge is -2.24. The number of hydrogen-bond donors (Lipinski definition) is 0. The number of hydrogen-bond acceptors (Lipinski definition) is 3. The lowest BCUT2D eigenvalue weighted by molar-refractivity contribution is -0.180. The lowest BCUT2D eigenvalue weighted by atomic mass is 10.1. The summed E-state index contributed by atoms with van der Waals surface area (Å²) in [5, 5.41) is 0.250. The molecule has 1 unspecified atom stereocenters. The quantitative estimate of drug-likeness (QED) is 0.684. The fourth-order valence-corrected chi connectivity index (χ4v) is 2.59. The van der Waals surface area contributed by atoms with Crippen molar-refractivity contribution in [2.75, 3.05) is 7.11 Å². The van der Waals surface area contributed by atoms with Gasteiger partial charge in [-0.25, -0.2) is 0 Å². The van der Waals surface area contributed by atoms with Crippen molar-refractivity contribution in [3.63, 3.8) is 0 Å². The molecule has 1 atom stereocenters. The van der Waals surface area contributed by atoms with Crippen molar-refractivity contribution in [1.29, 1.82) is 0 Å². The summed E-state index contributed by atoms with van der Waals surface area (Å²) in [4.78, 5) is 0. The number of alkyl halides is 3. The highest BCUT2D eigenvalue weighted by Crippen LogP contribution is 2.42. The van der Waals surface area contributed by atoms with Crippen LogP contribution in [0.3, 0.4) is 0 Å². The van der Waals surface area contributed by atoms with E-state index in [4.69, 9.17) is 25.8 Å². The SMILES string of the molecule is COc1cc(C)ccc1Oc1cc2c(cc1Cl)C=CC(C(F)(F)F)O2. The Kier molecular flexibility index (Phi) is 4.56. The molecule has 7 heteroatoms. The molecule has 0 fully saturated rings. The Hall–Kier alpha value is -2.34. The van der Waals surface area contributed by atoms with Gasteiger partial charge in [0, 0.05) is 11.6 Å². The Labute approximate surface area is 147 Å². The second-order valence-corrected chi connectivity index (χ2v) is 5.92. The van der Waals surface area contributed by atoms with Crippen molar-refractivity contribution >= 4 is 17.7 Å². The van der Waals surface area contributed by atoms with E-state index in [0.717, 1.165) is 11.6 Å². The summed E-state index contributed by atoms with van der Waals surface area (Å²) in [5.41, 5.74) is 1.43. The van der Waals surface area contributed by atoms with E-state index in [-0.39, 0.29) is 16.5 Å². The van der Waals surface area contributed by atoms with E-state index in [1.807, 2.05) is 13.0 Å². The molecule has 25 heavy (non-hydrogen) atoms. The number of fused-ring (bicyclic) bond motifs is 1. The smallest absolute Gasteiger partial charge is 0.429 e. The minimum Gasteiger partial charge on any atom is -0.493 e. The maximum absolute atomic E-state index is 12.8. The van der Waals surface area contributed by atoms with Gasteiger partial charge < -0.3 is 14.2 Å². The van der Waals surface area contributed by atoms with Crippen LogP contribution in [-0.2, 0) is 0 Å². The van der Waals surface area contributed by atoms with E-state index in [0.29, 0.717) is 17.1 Å². The second-order valence-electron chi connectivity index (χ2n) is 5.52. The maximum Gasteiger partial charge on any atom is 0.429 e. The van der Waals surface area contributed by atoms with Crippen LogP contribution in [0.15, 0.2) is 36.4 Å². The molecule has 3 nitrogen and oxygen atoms in total. The highest BCUT2D eigenvalue weighted by molar-refractivity contribution is 6.32. The van der Waals surface area contributed by atoms with Crippen LogP contribution in [0.25, 0.3) is 6.08 Å². The van der Waals surface area contributed by atoms with Crippen LogP contribution in [0.2, 0.25) is 5.02 Å². The minimum absolute atomic E-state index is 0.0512. The highest BCUT2D eigenvalue weighted by Gasteiger charge is 2.41. The molecule has 0 aliphatic carbocycles. The molecule has 0 saturated carbocycles. The third kappa shape index (κ3) is 3.69. The van der Waals surface area contributed by atoms with E-state index in [1.165, 1.54) is 25.3 Å². The Morgan fingerprint density at radius 1 is 1.08 bits per heavy atom. The topological polar surface area (TPSA) is 27.7 Å². The molecule has 0 radical (unpaired) electrons. The second kappa shape index (κ2) is 6.52. The average Bonchev–Trinajstić information content (AvgIpc) is 2.55. The molecular weight excluding hydrogens is 357 g/mol. The number of rotatable bonds is 3. The zero-order chi connectivity index (χ0) is 18.2. The molecule has 2 aromatic carbocycles. The summed E-state index contributed by atoms with van der Waals surface area (Å²) in [6.07, 6.45) is -4.21. The summed E-state index contributed by atoms with van der Waals surface area (Å²) >= 11 is 6.19. The number of ether oxygens (including phenoxy) is 3. The van der Waals surface area contributed by atoms with Gasteiger partial charge in [-0.1, -0.05) is 23.7 Å². The molecule has 0 N–H and O–H groups in total. The molecule has 0 aromatic heterocycles. The predicted octanol–water partition coefficient (Wildman–Crippen LogP) is 5.79. The van der Waals surface area contributed by atoms with Crippen molar-refractivity contribution in [3.8, 4) is 23.0 Å². The van der Waals surface area contributed by atoms with Crippen LogP contribution >= 0.6 is 11.6 Å². The van der Waals surface area contributed by atoms with Gasteiger partial charge in [-0.2, -0.15) is 13.2 Å². The fourth-order valence-electron chi connectivity index (χ4n) is 2.38. The maximum atomic E-state index is 12.8. The minimum atomic E-state index is -4.49. The van der Waals surface area contributed by atoms with Gasteiger partial charge in [0.15, 0.2) is 11.5 Å². The number of benzene rings is 2. The highest BCUT2D eigenvalue weighted by atomic mass is 35.5. The van der Waals surface area contributed by atoms with E-state index in [9.17, 15) is 13.2 Å². The third-order valence-electron chi connectivity index (χ3n) is 3.63. The Morgan fingerprint density at radius 2 is 1.84 bits per heavy atom. The van der Waals surface area contributed by atoms with E-state index in [2.05, 4.69) is 0 Å². The van der Waals surface area contributed by atoms with E-state index >= 15 is 0 Å². The molecule has 3 rings (SSSR count). The first-order valence-corrected chi connectivity index (χ1v) is 7.73. The van der Waals surface area contributed by atoms with Gasteiger partial charge in [0.05, 0.1) is 12.1 Å². The summed E-state index contributed by atoms with van der Waals surface area (Å²) in [6, 6.07) is 8.14. The van der Waals surface area contributed by atoms with E-state index in [1.54, 1.807) is 12.1 Å². The summed E-state index contributed by atoms with van der Waals surface area (Å²) in [5.74, 6) is 1.12. The molecule has 132 valence electrons. The lowest BCUT2D eigenvalue weighted by Crippen LogP contribution is -2.33. The normalized spacial score (nSPS) is 16.2. The van der Waals surface area contributed by atoms with Crippen LogP contribution in [0.4, 0.5) is 13.2 Å². The van der Waals surface area contributed by atoms with Gasteiger partial charge in [0.25, 0.3) is 0 Å². The van der Waals surface area contributed by atoms with Crippen LogP contribution in [-0.4, -0.2) is 19.4 Å². The Bertz CT molecular complexity index is 831. The molecule has 2 aromatic rings. The van der Waals surface area contributed by atoms with Gasteiger partial charge in [-0.05, 0) is 36.8 Å². The van der Waals surface area contributed by atoms with Crippen molar-refractivity contribution in [3.05, 3.63) is 52.6 Å². The molecular formula is C18H14ClF3O3. The molecule has 0 saturated heterocycles. The number of methoxy groups -OCH3 is 1. The first-order chi connectivity index (χ1) is 11.8. The first kappa shape index (κ1) is 17.5. The zero-order valence-electron chi connectivity index (χ0n) is 13.4. The molecule has 0 spiro atoms. The predicted molar refractivity (Wildman–Crippen MR) is 88.8 cm³/mol. The number of halogens is 4. The van der Waals surface area contributed by atoms with Gasteiger partial charge in [0.2, 0.25) is 6.10 Å². The van der Waals surface area contributed by atoms with Crippen LogP contribution in [0.1, 0.15) is 11.1 Å². The first-order valence-electron chi connectivity index (χ1n) is 7.35. The Balaban J connectivity index is 1.94. The van der Waals surface area contributed by atoms with Crippen molar-refractivity contribution in [2.24, 2.45) is 0 Å². The zero-order valence-corrected chi connectivity index (χ0v) is 14.1. The molecule has 1 heterocycles. The third-order valence-corrected chi connectivity index (χ3v) is 3.93. The van der Waals surface area contributed by atoms with Crippen molar-refractivity contribution < 1.29 is 27.4 Å². The number of aryl methyl sites for hydroxylation is 1. The van der Waals surface area contributed by atoms with E-state index < -0.39 is 12.3 Å². The summed E-state index contributed by atoms with van der Waals surface area (Å²) < 4.78 is 54.6. The fraction of sp³-hybridized carbons (Fsp3) is 0.222. The average molecular weight is 371 g/mol. The largest absolute Gasteiger partial charge is 0.493 e. The van der Waals surface area contributed by atoms with Crippen molar-refractivity contribution in [2.45, 2.75) is 19.2 Å². The van der Waals surface area contributed by atoms with Crippen LogP contribution < -0.4 is 14.2 Å². The standard InChI is InChI=1S/C18H14ClF3O3/c1-10-3-5-13(16(7-10)23-2)24-15-9-14-11(8-12(15)19)4-6-17(25-14)18(20,21)22/h3-9,17H,1-2H3. The molecule has 0 bridgehead atoms. The van der Waals surface area contributed by atoms with Gasteiger partial charge in [-0.3, -0.25) is 0 Å². The monoisotopic (exact) mass is 370 g/mol. The molecule has 1 aliphatic rings. The summed E-state index contributed by atoms with van der Waals surface area (Å²) in [7, 11) is 1.50. The van der Waals surface area contributed by atoms with Gasteiger partial charge in [0.1, 0.15) is 11.5 Å². The Morgan fingerprint density at radius 3 is 2.52 bits per heavy atom. The summed E-state index contributed by atoms with van der Waals surface area (Å²) in [6.45, 7) is 1.90. The molecule has 1 aliphatic heterocycles. The molecule has 0 amide bonds. The van der Waals surface area contributed by atoms with Crippen LogP contribution in [0.5, 0.6) is 23.0 Å².